The van der Waals surface area contributed by atoms with Crippen LogP contribution in [0.15, 0.2) is 48.6 Å². The van der Waals surface area contributed by atoms with Crippen LogP contribution in [0.1, 0.15) is 142 Å². The Morgan fingerprint density at radius 1 is 0.667 bits per heavy atom. The minimum Gasteiger partial charge on any atom is -0.394 e. The summed E-state index contributed by atoms with van der Waals surface area (Å²) in [6.07, 6.45) is 27.7. The molecule has 0 saturated carbocycles. The molecule has 0 aliphatic carbocycles. The number of hydrogen-bond donors (Lipinski definition) is 7. The molecular formula is C41H73NO9. The predicted octanol–water partition coefficient (Wildman–Crippen LogP) is 6.08. The first-order chi connectivity index (χ1) is 24.8. The molecule has 51 heavy (non-hydrogen) atoms. The Hall–Kier alpha value is -1.89. The molecular weight excluding hydrogens is 650 g/mol. The number of rotatable bonds is 31. The van der Waals surface area contributed by atoms with Gasteiger partial charge in [-0.1, -0.05) is 120 Å². The SMILES string of the molecule is CCCCC/C=C/CC/C=C/CC/C=C/C(O)C(COC1OC(CO)C(O)C(O)C1O)NC(=O)C(O)CCCC/C=C\CCCCCCCCC. The monoisotopic (exact) mass is 724 g/mol. The zero-order chi connectivity index (χ0) is 37.5. The summed E-state index contributed by atoms with van der Waals surface area (Å²) in [5.41, 5.74) is 0. The van der Waals surface area contributed by atoms with Gasteiger partial charge in [0.1, 0.15) is 30.5 Å². The molecule has 0 radical (unpaired) electrons. The maximum Gasteiger partial charge on any atom is 0.249 e. The lowest BCUT2D eigenvalue weighted by molar-refractivity contribution is -0.302. The van der Waals surface area contributed by atoms with Gasteiger partial charge in [0, 0.05) is 0 Å². The third kappa shape index (κ3) is 22.7. The van der Waals surface area contributed by atoms with E-state index in [1.807, 2.05) is 6.08 Å². The van der Waals surface area contributed by atoms with Gasteiger partial charge in [-0.3, -0.25) is 4.79 Å². The second kappa shape index (κ2) is 31.6. The minimum atomic E-state index is -1.62. The molecule has 1 saturated heterocycles. The van der Waals surface area contributed by atoms with Gasteiger partial charge in [-0.15, -0.1) is 0 Å². The molecule has 1 aliphatic heterocycles. The lowest BCUT2D eigenvalue weighted by Crippen LogP contribution is -2.60. The molecule has 1 aliphatic rings. The molecule has 296 valence electrons. The zero-order valence-corrected chi connectivity index (χ0v) is 31.7. The van der Waals surface area contributed by atoms with E-state index in [-0.39, 0.29) is 13.0 Å². The van der Waals surface area contributed by atoms with E-state index in [4.69, 9.17) is 9.47 Å². The van der Waals surface area contributed by atoms with E-state index in [1.54, 1.807) is 6.08 Å². The van der Waals surface area contributed by atoms with E-state index < -0.39 is 61.5 Å². The number of aliphatic hydroxyl groups excluding tert-OH is 6. The molecule has 8 atom stereocenters. The normalized spacial score (nSPS) is 23.2. The van der Waals surface area contributed by atoms with E-state index in [9.17, 15) is 35.4 Å². The third-order valence-electron chi connectivity index (χ3n) is 9.21. The zero-order valence-electron chi connectivity index (χ0n) is 31.7. The van der Waals surface area contributed by atoms with E-state index in [0.717, 1.165) is 44.9 Å². The molecule has 1 heterocycles. The van der Waals surface area contributed by atoms with Crippen LogP contribution in [0, 0.1) is 0 Å². The van der Waals surface area contributed by atoms with Gasteiger partial charge in [0.05, 0.1) is 25.4 Å². The summed E-state index contributed by atoms with van der Waals surface area (Å²) in [7, 11) is 0. The van der Waals surface area contributed by atoms with Crippen molar-refractivity contribution in [2.45, 2.75) is 191 Å². The minimum absolute atomic E-state index is 0.268. The molecule has 0 bridgehead atoms. The van der Waals surface area contributed by atoms with Gasteiger partial charge in [-0.25, -0.2) is 0 Å². The first kappa shape index (κ1) is 47.1. The van der Waals surface area contributed by atoms with Crippen LogP contribution in [0.4, 0.5) is 0 Å². The number of carbonyl (C=O) groups is 1. The number of hydrogen-bond acceptors (Lipinski definition) is 9. The Labute approximate surface area is 308 Å². The number of amides is 1. The number of unbranched alkanes of at least 4 members (excludes halogenated alkanes) is 14. The topological polar surface area (TPSA) is 169 Å². The van der Waals surface area contributed by atoms with Gasteiger partial charge >= 0.3 is 0 Å². The van der Waals surface area contributed by atoms with E-state index in [0.29, 0.717) is 12.8 Å². The summed E-state index contributed by atoms with van der Waals surface area (Å²) in [6, 6.07) is -1.01. The molecule has 0 aromatic heterocycles. The molecule has 0 aromatic carbocycles. The average molecular weight is 724 g/mol. The number of allylic oxidation sites excluding steroid dienone is 7. The second-order valence-corrected chi connectivity index (χ2v) is 13.8. The number of nitrogens with one attached hydrogen (secondary N) is 1. The molecule has 10 heteroatoms. The van der Waals surface area contributed by atoms with Crippen LogP contribution in [0.3, 0.4) is 0 Å². The number of ether oxygens (including phenoxy) is 2. The highest BCUT2D eigenvalue weighted by Gasteiger charge is 2.44. The van der Waals surface area contributed by atoms with Crippen LogP contribution < -0.4 is 5.32 Å². The van der Waals surface area contributed by atoms with E-state index in [2.05, 4.69) is 55.6 Å². The first-order valence-electron chi connectivity index (χ1n) is 20.0. The molecule has 7 N–H and O–H groups in total. The third-order valence-corrected chi connectivity index (χ3v) is 9.21. The standard InChI is InChI=1S/C41H73NO9/c1-3-5-7-9-11-13-15-17-19-21-23-25-27-29-34(44)33(32-50-41-39(48)38(47)37(46)36(31-43)51-41)42-40(49)35(45)30-28-26-24-22-20-18-16-14-12-10-8-6-4-2/h11,13,19-22,27,29,33-39,41,43-48H,3-10,12,14-18,23-26,28,30-32H2,1-2H3,(H,42,49)/b13-11+,21-19+,22-20-,29-27+. The number of aliphatic hydroxyl groups is 6. The van der Waals surface area contributed by atoms with Gasteiger partial charge in [-0.2, -0.15) is 0 Å². The van der Waals surface area contributed by atoms with Gasteiger partial charge in [-0.05, 0) is 70.6 Å². The summed E-state index contributed by atoms with van der Waals surface area (Å²) in [5, 5.41) is 64.3. The molecule has 1 amide bonds. The molecule has 8 unspecified atom stereocenters. The summed E-state index contributed by atoms with van der Waals surface area (Å²) in [6.45, 7) is 3.49. The molecule has 0 aromatic rings. The Bertz CT molecular complexity index is 953. The first-order valence-corrected chi connectivity index (χ1v) is 20.0. The fourth-order valence-electron chi connectivity index (χ4n) is 5.83. The lowest BCUT2D eigenvalue weighted by atomic mass is 9.99. The Morgan fingerprint density at radius 2 is 1.16 bits per heavy atom. The highest BCUT2D eigenvalue weighted by atomic mass is 16.7. The predicted molar refractivity (Wildman–Crippen MR) is 204 cm³/mol. The van der Waals surface area contributed by atoms with Crippen molar-refractivity contribution in [3.8, 4) is 0 Å². The molecule has 0 spiro atoms. The molecule has 10 nitrogen and oxygen atoms in total. The largest absolute Gasteiger partial charge is 0.394 e. The van der Waals surface area contributed by atoms with Crippen molar-refractivity contribution in [2.24, 2.45) is 0 Å². The van der Waals surface area contributed by atoms with Crippen LogP contribution in [-0.2, 0) is 14.3 Å². The maximum atomic E-state index is 12.9. The van der Waals surface area contributed by atoms with Crippen LogP contribution >= 0.6 is 0 Å². The van der Waals surface area contributed by atoms with E-state index >= 15 is 0 Å². The van der Waals surface area contributed by atoms with Crippen molar-refractivity contribution in [1.29, 1.82) is 0 Å². The van der Waals surface area contributed by atoms with Crippen molar-refractivity contribution < 1.29 is 44.9 Å². The smallest absolute Gasteiger partial charge is 0.249 e. The molecule has 1 fully saturated rings. The second-order valence-electron chi connectivity index (χ2n) is 13.8. The molecule has 1 rings (SSSR count). The Balaban J connectivity index is 2.57. The summed E-state index contributed by atoms with van der Waals surface area (Å²) >= 11 is 0. The highest BCUT2D eigenvalue weighted by Crippen LogP contribution is 2.22. The van der Waals surface area contributed by atoms with Crippen molar-refractivity contribution in [1.82, 2.24) is 5.32 Å². The van der Waals surface area contributed by atoms with Crippen molar-refractivity contribution in [3.63, 3.8) is 0 Å². The van der Waals surface area contributed by atoms with Gasteiger partial charge < -0.3 is 45.4 Å². The fraction of sp³-hybridized carbons (Fsp3) is 0.780. The van der Waals surface area contributed by atoms with Gasteiger partial charge in [0.25, 0.3) is 0 Å². The van der Waals surface area contributed by atoms with Crippen molar-refractivity contribution >= 4 is 5.91 Å². The van der Waals surface area contributed by atoms with Crippen LogP contribution in [0.2, 0.25) is 0 Å². The van der Waals surface area contributed by atoms with Crippen LogP contribution in [-0.4, -0.2) is 98.7 Å². The van der Waals surface area contributed by atoms with Gasteiger partial charge in [0.15, 0.2) is 6.29 Å². The Kier molecular flexibility index (Phi) is 29.2. The summed E-state index contributed by atoms with van der Waals surface area (Å²) < 4.78 is 11.1. The van der Waals surface area contributed by atoms with Crippen molar-refractivity contribution in [2.75, 3.05) is 13.2 Å². The quantitative estimate of drug-likeness (QED) is 0.0331. The number of carbonyl (C=O) groups excluding carboxylic acids is 1. The lowest BCUT2D eigenvalue weighted by Gasteiger charge is -2.40. The fourth-order valence-corrected chi connectivity index (χ4v) is 5.83. The Morgan fingerprint density at radius 3 is 1.75 bits per heavy atom. The van der Waals surface area contributed by atoms with Crippen LogP contribution in [0.5, 0.6) is 0 Å². The maximum absolute atomic E-state index is 12.9. The summed E-state index contributed by atoms with van der Waals surface area (Å²) in [4.78, 5) is 12.9. The van der Waals surface area contributed by atoms with E-state index in [1.165, 1.54) is 64.2 Å². The van der Waals surface area contributed by atoms with Crippen LogP contribution in [0.25, 0.3) is 0 Å². The van der Waals surface area contributed by atoms with Crippen molar-refractivity contribution in [3.05, 3.63) is 48.6 Å². The van der Waals surface area contributed by atoms with Gasteiger partial charge in [0.2, 0.25) is 5.91 Å². The average Bonchev–Trinajstić information content (AvgIpc) is 3.13. The summed E-state index contributed by atoms with van der Waals surface area (Å²) in [5.74, 6) is -0.651. The highest BCUT2D eigenvalue weighted by molar-refractivity contribution is 5.80.